The summed E-state index contributed by atoms with van der Waals surface area (Å²) in [7, 11) is 0. The fourth-order valence-electron chi connectivity index (χ4n) is 3.32. The van der Waals surface area contributed by atoms with Crippen LogP contribution < -0.4 is 0 Å². The van der Waals surface area contributed by atoms with Gasteiger partial charge < -0.3 is 5.11 Å². The lowest BCUT2D eigenvalue weighted by Gasteiger charge is -2.45. The van der Waals surface area contributed by atoms with Gasteiger partial charge in [0.2, 0.25) is 0 Å². The third kappa shape index (κ3) is 2.38. The lowest BCUT2D eigenvalue weighted by Crippen LogP contribution is -2.45. The van der Waals surface area contributed by atoms with Crippen LogP contribution in [0.15, 0.2) is 24.3 Å². The lowest BCUT2D eigenvalue weighted by atomic mass is 9.60. The van der Waals surface area contributed by atoms with Crippen molar-refractivity contribution in [1.29, 1.82) is 5.26 Å². The van der Waals surface area contributed by atoms with Crippen LogP contribution in [-0.4, -0.2) is 5.11 Å². The van der Waals surface area contributed by atoms with Crippen molar-refractivity contribution >= 4 is 11.6 Å². The molecule has 0 bridgehead atoms. The highest BCUT2D eigenvalue weighted by Crippen LogP contribution is 2.52. The van der Waals surface area contributed by atoms with Crippen molar-refractivity contribution in [3.63, 3.8) is 0 Å². The maximum Gasteiger partial charge on any atom is 0.107 e. The summed E-state index contributed by atoms with van der Waals surface area (Å²) in [6, 6.07) is 9.68. The molecule has 1 aromatic rings. The summed E-state index contributed by atoms with van der Waals surface area (Å²) in [4.78, 5) is 0. The molecule has 3 heteroatoms. The maximum absolute atomic E-state index is 11.1. The average molecular weight is 278 g/mol. The molecule has 1 fully saturated rings. The molecule has 0 saturated heterocycles. The van der Waals surface area contributed by atoms with Crippen LogP contribution in [0.2, 0.25) is 5.02 Å². The molecule has 0 aromatic heterocycles. The van der Waals surface area contributed by atoms with Gasteiger partial charge in [-0.2, -0.15) is 5.26 Å². The molecule has 19 heavy (non-hydrogen) atoms. The molecular formula is C16H20ClNO. The van der Waals surface area contributed by atoms with E-state index in [2.05, 4.69) is 13.0 Å². The summed E-state index contributed by atoms with van der Waals surface area (Å²) in [6.07, 6.45) is 3.56. The van der Waals surface area contributed by atoms with Crippen LogP contribution >= 0.6 is 11.6 Å². The largest absolute Gasteiger partial charge is 0.384 e. The van der Waals surface area contributed by atoms with Gasteiger partial charge in [0.05, 0.1) is 11.5 Å². The van der Waals surface area contributed by atoms with E-state index in [1.807, 2.05) is 18.2 Å². The van der Waals surface area contributed by atoms with Crippen LogP contribution in [0.3, 0.4) is 0 Å². The zero-order valence-electron chi connectivity index (χ0n) is 11.5. The van der Waals surface area contributed by atoms with Crippen LogP contribution in [0, 0.1) is 22.7 Å². The van der Waals surface area contributed by atoms with Crippen molar-refractivity contribution in [1.82, 2.24) is 0 Å². The van der Waals surface area contributed by atoms with Gasteiger partial charge in [0.15, 0.2) is 0 Å². The number of aliphatic hydroxyl groups is 1. The Morgan fingerprint density at radius 1 is 1.47 bits per heavy atom. The third-order valence-corrected chi connectivity index (χ3v) is 4.87. The Labute approximate surface area is 120 Å². The molecule has 0 aliphatic heterocycles. The van der Waals surface area contributed by atoms with Gasteiger partial charge >= 0.3 is 0 Å². The van der Waals surface area contributed by atoms with E-state index >= 15 is 0 Å². The maximum atomic E-state index is 11.1. The van der Waals surface area contributed by atoms with Gasteiger partial charge in [0, 0.05) is 10.6 Å². The van der Waals surface area contributed by atoms with E-state index in [0.29, 0.717) is 16.5 Å². The fraction of sp³-hybridized carbons (Fsp3) is 0.562. The molecule has 3 unspecified atom stereocenters. The molecule has 1 aliphatic rings. The second-order valence-corrected chi connectivity index (χ2v) is 6.35. The lowest BCUT2D eigenvalue weighted by molar-refractivity contribution is -0.0719. The third-order valence-electron chi connectivity index (χ3n) is 4.54. The molecule has 1 aliphatic carbocycles. The molecule has 3 atom stereocenters. The smallest absolute Gasteiger partial charge is 0.107 e. The van der Waals surface area contributed by atoms with Crippen molar-refractivity contribution in [3.05, 3.63) is 34.9 Å². The van der Waals surface area contributed by atoms with Crippen LogP contribution in [0.5, 0.6) is 0 Å². The quantitative estimate of drug-likeness (QED) is 0.877. The predicted molar refractivity (Wildman–Crippen MR) is 76.7 cm³/mol. The average Bonchev–Trinajstić information content (AvgIpc) is 2.38. The van der Waals surface area contributed by atoms with Gasteiger partial charge in [0.1, 0.15) is 5.60 Å². The molecule has 102 valence electrons. The molecular weight excluding hydrogens is 258 g/mol. The fourth-order valence-corrected chi connectivity index (χ4v) is 3.64. The van der Waals surface area contributed by atoms with Gasteiger partial charge in [-0.05, 0) is 31.7 Å². The zero-order chi connectivity index (χ0) is 14.1. The van der Waals surface area contributed by atoms with Gasteiger partial charge in [-0.1, -0.05) is 49.6 Å². The van der Waals surface area contributed by atoms with E-state index in [-0.39, 0.29) is 0 Å². The van der Waals surface area contributed by atoms with Crippen LogP contribution in [0.1, 0.15) is 45.1 Å². The molecule has 0 spiro atoms. The van der Waals surface area contributed by atoms with Crippen LogP contribution in [0.4, 0.5) is 0 Å². The van der Waals surface area contributed by atoms with E-state index in [1.54, 1.807) is 13.0 Å². The minimum absolute atomic E-state index is 0.461. The van der Waals surface area contributed by atoms with E-state index in [0.717, 1.165) is 25.7 Å². The second-order valence-electron chi connectivity index (χ2n) is 5.95. The number of rotatable bonds is 2. The Morgan fingerprint density at radius 2 is 2.16 bits per heavy atom. The number of halogens is 1. The minimum Gasteiger partial charge on any atom is -0.384 e. The SMILES string of the molecule is CC1CCCC(C#N)(C(C)(O)c2ccccc2Cl)C1. The van der Waals surface area contributed by atoms with Crippen molar-refractivity contribution in [2.24, 2.45) is 11.3 Å². The first-order valence-electron chi connectivity index (χ1n) is 6.81. The summed E-state index contributed by atoms with van der Waals surface area (Å²) in [5, 5.41) is 21.3. The summed E-state index contributed by atoms with van der Waals surface area (Å²) < 4.78 is 0. The summed E-state index contributed by atoms with van der Waals surface area (Å²) in [6.45, 7) is 3.88. The molecule has 1 aromatic carbocycles. The van der Waals surface area contributed by atoms with Gasteiger partial charge in [0.25, 0.3) is 0 Å². The first kappa shape index (κ1) is 14.4. The van der Waals surface area contributed by atoms with E-state index < -0.39 is 11.0 Å². The van der Waals surface area contributed by atoms with E-state index in [4.69, 9.17) is 11.6 Å². The monoisotopic (exact) mass is 277 g/mol. The highest BCUT2D eigenvalue weighted by Gasteiger charge is 2.51. The number of nitriles is 1. The Morgan fingerprint density at radius 3 is 2.74 bits per heavy atom. The predicted octanol–water partition coefficient (Wildman–Crippen LogP) is 4.27. The first-order chi connectivity index (χ1) is 8.93. The van der Waals surface area contributed by atoms with Crippen LogP contribution in [-0.2, 0) is 5.60 Å². The second kappa shape index (κ2) is 5.15. The standard InChI is InChI=1S/C16H20ClNO/c1-12-6-5-9-16(10-12,11-18)15(2,19)13-7-3-4-8-14(13)17/h3-4,7-8,12,19H,5-6,9-10H2,1-2H3. The summed E-state index contributed by atoms with van der Waals surface area (Å²) in [5.41, 5.74) is -1.29. The summed E-state index contributed by atoms with van der Waals surface area (Å²) in [5.74, 6) is 0.461. The number of hydrogen-bond acceptors (Lipinski definition) is 2. The number of benzene rings is 1. The molecule has 0 heterocycles. The van der Waals surface area contributed by atoms with Crippen molar-refractivity contribution in [3.8, 4) is 6.07 Å². The van der Waals surface area contributed by atoms with Gasteiger partial charge in [-0.25, -0.2) is 0 Å². The van der Waals surface area contributed by atoms with Crippen molar-refractivity contribution in [2.75, 3.05) is 0 Å². The highest BCUT2D eigenvalue weighted by molar-refractivity contribution is 6.31. The number of hydrogen-bond donors (Lipinski definition) is 1. The van der Waals surface area contributed by atoms with E-state index in [1.165, 1.54) is 0 Å². The Balaban J connectivity index is 2.47. The molecule has 1 saturated carbocycles. The molecule has 2 nitrogen and oxygen atoms in total. The van der Waals surface area contributed by atoms with E-state index in [9.17, 15) is 10.4 Å². The highest BCUT2D eigenvalue weighted by atomic mass is 35.5. The Bertz CT molecular complexity index is 506. The zero-order valence-corrected chi connectivity index (χ0v) is 12.2. The topological polar surface area (TPSA) is 44.0 Å². The van der Waals surface area contributed by atoms with Crippen molar-refractivity contribution < 1.29 is 5.11 Å². The summed E-state index contributed by atoms with van der Waals surface area (Å²) >= 11 is 6.21. The molecule has 2 rings (SSSR count). The molecule has 0 radical (unpaired) electrons. The minimum atomic E-state index is -1.21. The number of nitrogens with zero attached hydrogens (tertiary/aromatic N) is 1. The molecule has 0 amide bonds. The van der Waals surface area contributed by atoms with Gasteiger partial charge in [-0.3, -0.25) is 0 Å². The van der Waals surface area contributed by atoms with Crippen molar-refractivity contribution in [2.45, 2.75) is 45.1 Å². The first-order valence-corrected chi connectivity index (χ1v) is 7.19. The molecule has 1 N–H and O–H groups in total. The van der Waals surface area contributed by atoms with Gasteiger partial charge in [-0.15, -0.1) is 0 Å². The van der Waals surface area contributed by atoms with Crippen LogP contribution in [0.25, 0.3) is 0 Å². The Hall–Kier alpha value is -1.04. The Kier molecular flexibility index (Phi) is 3.90. The normalized spacial score (nSPS) is 30.4.